The van der Waals surface area contributed by atoms with E-state index >= 15 is 0 Å². The summed E-state index contributed by atoms with van der Waals surface area (Å²) in [5.41, 5.74) is -1.51. The van der Waals surface area contributed by atoms with Crippen molar-refractivity contribution in [2.24, 2.45) is 0 Å². The number of aromatic nitrogens is 3. The highest BCUT2D eigenvalue weighted by molar-refractivity contribution is 7.09. The molecule has 2 heterocycles. The van der Waals surface area contributed by atoms with Gasteiger partial charge in [-0.25, -0.2) is 9.67 Å². The van der Waals surface area contributed by atoms with Gasteiger partial charge in [0.2, 0.25) is 0 Å². The molecular weight excluding hydrogens is 389 g/mol. The van der Waals surface area contributed by atoms with Crippen LogP contribution >= 0.6 is 22.9 Å². The Labute approximate surface area is 155 Å². The zero-order valence-corrected chi connectivity index (χ0v) is 14.7. The minimum atomic E-state index is -4.75. The molecule has 1 amide bonds. The normalized spacial score (nSPS) is 11.5. The van der Waals surface area contributed by atoms with Crippen LogP contribution in [-0.2, 0) is 12.6 Å². The number of thiazole rings is 1. The third kappa shape index (κ3) is 4.05. The molecule has 3 rings (SSSR count). The minimum absolute atomic E-state index is 0.156. The third-order valence-corrected chi connectivity index (χ3v) is 4.55. The Morgan fingerprint density at radius 1 is 1.27 bits per heavy atom. The summed E-state index contributed by atoms with van der Waals surface area (Å²) in [7, 11) is 0. The Bertz CT molecular complexity index is 891. The lowest BCUT2D eigenvalue weighted by Crippen LogP contribution is -2.28. The fourth-order valence-electron chi connectivity index (χ4n) is 2.32. The molecule has 5 nitrogen and oxygen atoms in total. The summed E-state index contributed by atoms with van der Waals surface area (Å²) in [4.78, 5) is 16.3. The number of benzene rings is 1. The maximum atomic E-state index is 13.5. The van der Waals surface area contributed by atoms with Crippen molar-refractivity contribution >= 4 is 28.8 Å². The molecule has 1 N–H and O–H groups in total. The van der Waals surface area contributed by atoms with E-state index in [1.165, 1.54) is 35.6 Å². The third-order valence-electron chi connectivity index (χ3n) is 3.46. The van der Waals surface area contributed by atoms with Gasteiger partial charge in [0.15, 0.2) is 5.69 Å². The second-order valence-electron chi connectivity index (χ2n) is 5.22. The van der Waals surface area contributed by atoms with E-state index in [4.69, 9.17) is 11.6 Å². The van der Waals surface area contributed by atoms with Crippen LogP contribution in [-0.4, -0.2) is 27.2 Å². The summed E-state index contributed by atoms with van der Waals surface area (Å²) in [6.07, 6.45) is -1.77. The number of nitrogens with one attached hydrogen (secondary N) is 1. The molecule has 0 aliphatic rings. The van der Waals surface area contributed by atoms with Gasteiger partial charge in [-0.05, 0) is 24.3 Å². The topological polar surface area (TPSA) is 59.8 Å². The molecule has 0 fully saturated rings. The maximum Gasteiger partial charge on any atom is 0.434 e. The van der Waals surface area contributed by atoms with E-state index < -0.39 is 23.3 Å². The maximum absolute atomic E-state index is 13.5. The van der Waals surface area contributed by atoms with Gasteiger partial charge in [0.05, 0.1) is 22.5 Å². The van der Waals surface area contributed by atoms with Crippen molar-refractivity contribution in [3.05, 3.63) is 63.3 Å². The highest BCUT2D eigenvalue weighted by Gasteiger charge is 2.40. The first-order valence-electron chi connectivity index (χ1n) is 7.44. The Morgan fingerprint density at radius 2 is 2.00 bits per heavy atom. The predicted molar refractivity (Wildman–Crippen MR) is 91.7 cm³/mol. The molecule has 0 spiro atoms. The Hall–Kier alpha value is -2.39. The first-order valence-corrected chi connectivity index (χ1v) is 8.70. The monoisotopic (exact) mass is 400 g/mol. The number of amides is 1. The van der Waals surface area contributed by atoms with Crippen molar-refractivity contribution in [2.75, 3.05) is 6.54 Å². The van der Waals surface area contributed by atoms with Crippen LogP contribution in [0.2, 0.25) is 5.02 Å². The number of hydrogen-bond acceptors (Lipinski definition) is 4. The number of nitrogens with zero attached hydrogens (tertiary/aromatic N) is 3. The lowest BCUT2D eigenvalue weighted by atomic mass is 10.2. The molecule has 0 bridgehead atoms. The van der Waals surface area contributed by atoms with E-state index in [0.29, 0.717) is 16.1 Å². The van der Waals surface area contributed by atoms with Crippen LogP contribution in [0.15, 0.2) is 42.0 Å². The first kappa shape index (κ1) is 18.4. The minimum Gasteiger partial charge on any atom is -0.352 e. The fraction of sp³-hybridized carbons (Fsp3) is 0.188. The lowest BCUT2D eigenvalue weighted by Gasteiger charge is -2.13. The predicted octanol–water partition coefficient (Wildman–Crippen LogP) is 3.97. The van der Waals surface area contributed by atoms with Gasteiger partial charge in [0, 0.05) is 29.6 Å². The second kappa shape index (κ2) is 7.46. The molecule has 136 valence electrons. The highest BCUT2D eigenvalue weighted by Crippen LogP contribution is 2.33. The van der Waals surface area contributed by atoms with Crippen LogP contribution in [0.3, 0.4) is 0 Å². The SMILES string of the molecule is O=C(NCCc1nccs1)c1cnn(-c2ccc(Cl)cc2)c1C(F)(F)F. The molecular formula is C16H12ClF3N4OS. The zero-order valence-electron chi connectivity index (χ0n) is 13.1. The van der Waals surface area contributed by atoms with E-state index in [2.05, 4.69) is 15.4 Å². The average Bonchev–Trinajstić information content (AvgIpc) is 3.24. The van der Waals surface area contributed by atoms with Crippen LogP contribution in [0, 0.1) is 0 Å². The van der Waals surface area contributed by atoms with E-state index in [-0.39, 0.29) is 12.2 Å². The molecule has 0 atom stereocenters. The molecule has 3 aromatic rings. The Morgan fingerprint density at radius 3 is 2.62 bits per heavy atom. The van der Waals surface area contributed by atoms with Crippen molar-refractivity contribution in [2.45, 2.75) is 12.6 Å². The number of rotatable bonds is 5. The van der Waals surface area contributed by atoms with Gasteiger partial charge in [-0.1, -0.05) is 11.6 Å². The van der Waals surface area contributed by atoms with Gasteiger partial charge in [0.1, 0.15) is 0 Å². The van der Waals surface area contributed by atoms with Crippen LogP contribution in [0.1, 0.15) is 21.1 Å². The van der Waals surface area contributed by atoms with Crippen LogP contribution in [0.4, 0.5) is 13.2 Å². The number of halogens is 4. The van der Waals surface area contributed by atoms with Gasteiger partial charge < -0.3 is 5.32 Å². The lowest BCUT2D eigenvalue weighted by molar-refractivity contribution is -0.143. The number of carbonyl (C=O) groups excluding carboxylic acids is 1. The Kier molecular flexibility index (Phi) is 5.28. The molecule has 0 unspecified atom stereocenters. The smallest absolute Gasteiger partial charge is 0.352 e. The van der Waals surface area contributed by atoms with E-state index in [1.54, 1.807) is 11.6 Å². The molecule has 0 saturated carbocycles. The summed E-state index contributed by atoms with van der Waals surface area (Å²) < 4.78 is 41.3. The van der Waals surface area contributed by atoms with E-state index in [9.17, 15) is 18.0 Å². The molecule has 2 aromatic heterocycles. The first-order chi connectivity index (χ1) is 12.4. The van der Waals surface area contributed by atoms with Gasteiger partial charge in [-0.3, -0.25) is 4.79 Å². The quantitative estimate of drug-likeness (QED) is 0.705. The van der Waals surface area contributed by atoms with Crippen molar-refractivity contribution in [3.8, 4) is 5.69 Å². The van der Waals surface area contributed by atoms with Crippen LogP contribution < -0.4 is 5.32 Å². The summed E-state index contributed by atoms with van der Waals surface area (Å²) in [5, 5.41) is 9.18. The molecule has 0 aliphatic carbocycles. The number of hydrogen-bond donors (Lipinski definition) is 1. The molecule has 1 aromatic carbocycles. The van der Waals surface area contributed by atoms with E-state index in [1.807, 2.05) is 0 Å². The van der Waals surface area contributed by atoms with Gasteiger partial charge in [-0.15, -0.1) is 11.3 Å². The fourth-order valence-corrected chi connectivity index (χ4v) is 3.07. The van der Waals surface area contributed by atoms with Crippen LogP contribution in [0.5, 0.6) is 0 Å². The van der Waals surface area contributed by atoms with Crippen molar-refractivity contribution in [1.29, 1.82) is 0 Å². The standard InChI is InChI=1S/C16H12ClF3N4OS/c17-10-1-3-11(4-2-10)24-14(16(18,19)20)12(9-23-24)15(25)22-6-5-13-21-7-8-26-13/h1-4,7-9H,5-6H2,(H,22,25). The van der Waals surface area contributed by atoms with E-state index in [0.717, 1.165) is 11.2 Å². The van der Waals surface area contributed by atoms with Gasteiger partial charge in [0.25, 0.3) is 5.91 Å². The number of alkyl halides is 3. The number of carbonyl (C=O) groups is 1. The van der Waals surface area contributed by atoms with Crippen molar-refractivity contribution < 1.29 is 18.0 Å². The summed E-state index contributed by atoms with van der Waals surface area (Å²) in [6.45, 7) is 0.176. The molecule has 10 heteroatoms. The summed E-state index contributed by atoms with van der Waals surface area (Å²) >= 11 is 7.17. The molecule has 0 radical (unpaired) electrons. The average molecular weight is 401 g/mol. The second-order valence-corrected chi connectivity index (χ2v) is 6.64. The Balaban J connectivity index is 1.84. The molecule has 0 aliphatic heterocycles. The van der Waals surface area contributed by atoms with Crippen LogP contribution in [0.25, 0.3) is 5.69 Å². The largest absolute Gasteiger partial charge is 0.434 e. The summed E-state index contributed by atoms with van der Waals surface area (Å²) in [5.74, 6) is -0.839. The zero-order chi connectivity index (χ0) is 18.7. The van der Waals surface area contributed by atoms with Crippen molar-refractivity contribution in [1.82, 2.24) is 20.1 Å². The van der Waals surface area contributed by atoms with Crippen molar-refractivity contribution in [3.63, 3.8) is 0 Å². The van der Waals surface area contributed by atoms with Gasteiger partial charge in [-0.2, -0.15) is 18.3 Å². The highest BCUT2D eigenvalue weighted by atomic mass is 35.5. The van der Waals surface area contributed by atoms with Gasteiger partial charge >= 0.3 is 6.18 Å². The molecule has 26 heavy (non-hydrogen) atoms. The molecule has 0 saturated heterocycles. The summed E-state index contributed by atoms with van der Waals surface area (Å²) in [6, 6.07) is 5.70.